The van der Waals surface area contributed by atoms with E-state index in [4.69, 9.17) is 0 Å². The second-order valence-corrected chi connectivity index (χ2v) is 4.22. The number of imidazole rings is 1. The van der Waals surface area contributed by atoms with Crippen molar-refractivity contribution in [3.8, 4) is 0 Å². The standard InChI is InChI=1S/C11H10F3N3/c12-11(13,14)7-4-17(5-7)9-3-1-2-8-10(9)16-6-15-8/h1-3,6-7H,4-5H2,(H,15,16). The maximum atomic E-state index is 12.4. The molecule has 0 atom stereocenters. The molecule has 90 valence electrons. The van der Waals surface area contributed by atoms with Crippen molar-refractivity contribution in [2.24, 2.45) is 5.92 Å². The topological polar surface area (TPSA) is 31.9 Å². The van der Waals surface area contributed by atoms with Gasteiger partial charge in [-0.2, -0.15) is 13.2 Å². The van der Waals surface area contributed by atoms with Crippen LogP contribution >= 0.6 is 0 Å². The first-order chi connectivity index (χ1) is 8.05. The third-order valence-electron chi connectivity index (χ3n) is 3.11. The van der Waals surface area contributed by atoms with Gasteiger partial charge in [0.05, 0.1) is 23.4 Å². The molecule has 1 N–H and O–H groups in total. The van der Waals surface area contributed by atoms with Crippen LogP contribution in [0.3, 0.4) is 0 Å². The summed E-state index contributed by atoms with van der Waals surface area (Å²) in [5.41, 5.74) is 2.34. The number of hydrogen-bond acceptors (Lipinski definition) is 2. The number of aromatic nitrogens is 2. The van der Waals surface area contributed by atoms with Gasteiger partial charge >= 0.3 is 6.18 Å². The number of fused-ring (bicyclic) bond motifs is 1. The Balaban J connectivity index is 1.85. The summed E-state index contributed by atoms with van der Waals surface area (Å²) in [5, 5.41) is 0. The summed E-state index contributed by atoms with van der Waals surface area (Å²) < 4.78 is 37.2. The minimum absolute atomic E-state index is 0.0233. The number of nitrogens with one attached hydrogen (secondary N) is 1. The van der Waals surface area contributed by atoms with Crippen LogP contribution in [0.4, 0.5) is 18.9 Å². The number of halogens is 3. The van der Waals surface area contributed by atoms with E-state index in [9.17, 15) is 13.2 Å². The van der Waals surface area contributed by atoms with Crippen LogP contribution in [0.2, 0.25) is 0 Å². The zero-order valence-electron chi connectivity index (χ0n) is 8.83. The van der Waals surface area contributed by atoms with Gasteiger partial charge in [0.15, 0.2) is 0 Å². The molecule has 1 aliphatic rings. The molecule has 0 spiro atoms. The molecule has 3 nitrogen and oxygen atoms in total. The van der Waals surface area contributed by atoms with E-state index in [0.29, 0.717) is 0 Å². The van der Waals surface area contributed by atoms with Crippen LogP contribution in [0, 0.1) is 5.92 Å². The van der Waals surface area contributed by atoms with Gasteiger partial charge in [0.25, 0.3) is 0 Å². The Labute approximate surface area is 95.3 Å². The van der Waals surface area contributed by atoms with Crippen molar-refractivity contribution in [1.82, 2.24) is 9.97 Å². The molecule has 1 aliphatic heterocycles. The van der Waals surface area contributed by atoms with E-state index in [1.54, 1.807) is 17.3 Å². The third-order valence-corrected chi connectivity index (χ3v) is 3.11. The number of alkyl halides is 3. The first-order valence-corrected chi connectivity index (χ1v) is 5.29. The molecule has 1 saturated heterocycles. The molecule has 0 saturated carbocycles. The lowest BCUT2D eigenvalue weighted by atomic mass is 9.98. The molecule has 1 aromatic heterocycles. The molecule has 2 aromatic rings. The van der Waals surface area contributed by atoms with Crippen molar-refractivity contribution in [3.63, 3.8) is 0 Å². The van der Waals surface area contributed by atoms with Crippen molar-refractivity contribution < 1.29 is 13.2 Å². The van der Waals surface area contributed by atoms with E-state index >= 15 is 0 Å². The number of nitrogens with zero attached hydrogens (tertiary/aromatic N) is 2. The molecular formula is C11H10F3N3. The number of H-pyrrole nitrogens is 1. The van der Waals surface area contributed by atoms with E-state index < -0.39 is 12.1 Å². The number of aromatic amines is 1. The Morgan fingerprint density at radius 3 is 2.76 bits per heavy atom. The Morgan fingerprint density at radius 2 is 2.06 bits per heavy atom. The number of para-hydroxylation sites is 1. The highest BCUT2D eigenvalue weighted by Crippen LogP contribution is 2.37. The fourth-order valence-electron chi connectivity index (χ4n) is 2.09. The van der Waals surface area contributed by atoms with Crippen molar-refractivity contribution in [2.45, 2.75) is 6.18 Å². The monoisotopic (exact) mass is 241 g/mol. The Kier molecular flexibility index (Phi) is 2.08. The minimum Gasteiger partial charge on any atom is -0.368 e. The molecule has 0 amide bonds. The average Bonchev–Trinajstić information content (AvgIpc) is 2.61. The lowest BCUT2D eigenvalue weighted by Crippen LogP contribution is -2.53. The van der Waals surface area contributed by atoms with Crippen LogP contribution < -0.4 is 4.90 Å². The molecule has 0 aliphatic carbocycles. The predicted molar refractivity (Wildman–Crippen MR) is 57.9 cm³/mol. The van der Waals surface area contributed by atoms with Gasteiger partial charge in [-0.3, -0.25) is 0 Å². The van der Waals surface area contributed by atoms with Crippen molar-refractivity contribution in [3.05, 3.63) is 24.5 Å². The van der Waals surface area contributed by atoms with E-state index in [-0.39, 0.29) is 13.1 Å². The van der Waals surface area contributed by atoms with E-state index in [2.05, 4.69) is 9.97 Å². The first kappa shape index (κ1) is 10.4. The number of anilines is 1. The largest absolute Gasteiger partial charge is 0.395 e. The zero-order chi connectivity index (χ0) is 12.0. The van der Waals surface area contributed by atoms with Crippen LogP contribution in [0.15, 0.2) is 24.5 Å². The van der Waals surface area contributed by atoms with Crippen molar-refractivity contribution >= 4 is 16.7 Å². The van der Waals surface area contributed by atoms with Crippen molar-refractivity contribution in [2.75, 3.05) is 18.0 Å². The average molecular weight is 241 g/mol. The Hall–Kier alpha value is -1.72. The normalized spacial score (nSPS) is 17.5. The summed E-state index contributed by atoms with van der Waals surface area (Å²) in [7, 11) is 0. The zero-order valence-corrected chi connectivity index (χ0v) is 8.83. The SMILES string of the molecule is FC(F)(F)C1CN(c2cccc3[nH]cnc23)C1. The summed E-state index contributed by atoms with van der Waals surface area (Å²) in [6.07, 6.45) is -2.54. The van der Waals surface area contributed by atoms with Crippen LogP contribution in [0.5, 0.6) is 0 Å². The molecule has 0 radical (unpaired) electrons. The molecule has 3 rings (SSSR count). The molecule has 17 heavy (non-hydrogen) atoms. The molecule has 6 heteroatoms. The number of rotatable bonds is 1. The van der Waals surface area contributed by atoms with Gasteiger partial charge in [-0.1, -0.05) is 6.07 Å². The highest BCUT2D eigenvalue weighted by molar-refractivity contribution is 5.88. The maximum Gasteiger partial charge on any atom is 0.395 e. The highest BCUT2D eigenvalue weighted by Gasteiger charge is 2.47. The third kappa shape index (κ3) is 1.64. The van der Waals surface area contributed by atoms with Crippen LogP contribution in [-0.2, 0) is 0 Å². The summed E-state index contributed by atoms with van der Waals surface area (Å²) in [6, 6.07) is 5.47. The summed E-state index contributed by atoms with van der Waals surface area (Å²) >= 11 is 0. The van der Waals surface area contributed by atoms with Gasteiger partial charge in [-0.05, 0) is 12.1 Å². The van der Waals surface area contributed by atoms with Crippen LogP contribution in [-0.4, -0.2) is 29.2 Å². The summed E-state index contributed by atoms with van der Waals surface area (Å²) in [4.78, 5) is 8.78. The quantitative estimate of drug-likeness (QED) is 0.832. The first-order valence-electron chi connectivity index (χ1n) is 5.29. The van der Waals surface area contributed by atoms with Gasteiger partial charge in [-0.15, -0.1) is 0 Å². The second-order valence-electron chi connectivity index (χ2n) is 4.22. The number of hydrogen-bond donors (Lipinski definition) is 1. The molecule has 2 heterocycles. The van der Waals surface area contributed by atoms with Gasteiger partial charge in [0, 0.05) is 13.1 Å². The maximum absolute atomic E-state index is 12.4. The lowest BCUT2D eigenvalue weighted by molar-refractivity contribution is -0.180. The van der Waals surface area contributed by atoms with Gasteiger partial charge < -0.3 is 9.88 Å². The molecular weight excluding hydrogens is 231 g/mol. The van der Waals surface area contributed by atoms with Crippen molar-refractivity contribution in [1.29, 1.82) is 0 Å². The van der Waals surface area contributed by atoms with Gasteiger partial charge in [0.2, 0.25) is 0 Å². The summed E-state index contributed by atoms with van der Waals surface area (Å²) in [6.45, 7) is 0.0466. The fraction of sp³-hybridized carbons (Fsp3) is 0.364. The predicted octanol–water partition coefficient (Wildman–Crippen LogP) is 2.56. The van der Waals surface area contributed by atoms with E-state index in [0.717, 1.165) is 16.7 Å². The highest BCUT2D eigenvalue weighted by atomic mass is 19.4. The Bertz CT molecular complexity index is 540. The van der Waals surface area contributed by atoms with Gasteiger partial charge in [-0.25, -0.2) is 4.98 Å². The van der Waals surface area contributed by atoms with E-state index in [1.165, 1.54) is 0 Å². The van der Waals surface area contributed by atoms with E-state index in [1.807, 2.05) is 12.1 Å². The molecule has 0 unspecified atom stereocenters. The Morgan fingerprint density at radius 1 is 1.29 bits per heavy atom. The van der Waals surface area contributed by atoms with Gasteiger partial charge in [0.1, 0.15) is 5.52 Å². The molecule has 1 aromatic carbocycles. The summed E-state index contributed by atoms with van der Waals surface area (Å²) in [5.74, 6) is -1.21. The lowest BCUT2D eigenvalue weighted by Gasteiger charge is -2.41. The van der Waals surface area contributed by atoms with Crippen LogP contribution in [0.1, 0.15) is 0 Å². The fourth-order valence-corrected chi connectivity index (χ4v) is 2.09. The smallest absolute Gasteiger partial charge is 0.368 e. The number of benzene rings is 1. The van der Waals surface area contributed by atoms with Crippen LogP contribution in [0.25, 0.3) is 11.0 Å². The molecule has 0 bridgehead atoms. The molecule has 1 fully saturated rings. The minimum atomic E-state index is -4.09. The second kappa shape index (κ2) is 3.38.